The molecule has 1 saturated heterocycles. The third-order valence-corrected chi connectivity index (χ3v) is 5.54. The molecule has 5 heteroatoms. The van der Waals surface area contributed by atoms with E-state index in [1.165, 1.54) is 7.11 Å². The minimum atomic E-state index is -0.256. The lowest BCUT2D eigenvalue weighted by molar-refractivity contribution is -0.147. The second kappa shape index (κ2) is 9.51. The summed E-state index contributed by atoms with van der Waals surface area (Å²) in [5.41, 5.74) is 2.11. The van der Waals surface area contributed by atoms with Gasteiger partial charge in [-0.05, 0) is 44.0 Å². The van der Waals surface area contributed by atoms with Crippen LogP contribution in [0.3, 0.4) is 0 Å². The molecule has 0 radical (unpaired) electrons. The average molecular weight is 380 g/mol. The van der Waals surface area contributed by atoms with Crippen LogP contribution in [0.2, 0.25) is 0 Å². The number of carbonyl (C=O) groups excluding carboxylic acids is 2. The Balaban J connectivity index is 1.68. The smallest absolute Gasteiger partial charge is 0.308 e. The summed E-state index contributed by atoms with van der Waals surface area (Å²) in [5.74, 6) is -0.211. The lowest BCUT2D eigenvalue weighted by atomic mass is 9.95. The van der Waals surface area contributed by atoms with E-state index in [9.17, 15) is 9.59 Å². The van der Waals surface area contributed by atoms with Gasteiger partial charge in [0.15, 0.2) is 0 Å². The number of ether oxygens (including phenoxy) is 1. The van der Waals surface area contributed by atoms with Crippen LogP contribution in [-0.2, 0) is 14.3 Å². The Hall–Kier alpha value is -2.66. The first-order chi connectivity index (χ1) is 13.6. The molecule has 0 spiro atoms. The molecule has 1 heterocycles. The number of likely N-dealkylation sites (tertiary alicyclic amines) is 1. The fraction of sp³-hybridized carbons (Fsp3) is 0.391. The Bertz CT molecular complexity index is 731. The van der Waals surface area contributed by atoms with Gasteiger partial charge in [-0.25, -0.2) is 0 Å². The standard InChI is InChI=1S/C23H28N2O3/c1-17(25-15-13-20(14-16-25)23(27)28-2)22(26)24-21(18-9-5-3-6-10-18)19-11-7-4-8-12-19/h3-12,17,20-21H,13-16H2,1-2H3,(H,24,26)/t17-/m0/s1. The van der Waals surface area contributed by atoms with Gasteiger partial charge < -0.3 is 10.1 Å². The first kappa shape index (κ1) is 20.1. The van der Waals surface area contributed by atoms with Gasteiger partial charge in [-0.1, -0.05) is 60.7 Å². The summed E-state index contributed by atoms with van der Waals surface area (Å²) in [5, 5.41) is 3.22. The van der Waals surface area contributed by atoms with Crippen LogP contribution >= 0.6 is 0 Å². The van der Waals surface area contributed by atoms with Crippen molar-refractivity contribution >= 4 is 11.9 Å². The van der Waals surface area contributed by atoms with E-state index in [0.717, 1.165) is 37.1 Å². The van der Waals surface area contributed by atoms with Crippen LogP contribution in [-0.4, -0.2) is 43.0 Å². The fourth-order valence-corrected chi connectivity index (χ4v) is 3.77. The second-order valence-corrected chi connectivity index (χ2v) is 7.27. The summed E-state index contributed by atoms with van der Waals surface area (Å²) in [6.07, 6.45) is 1.45. The maximum absolute atomic E-state index is 13.0. The largest absolute Gasteiger partial charge is 0.469 e. The molecule has 1 atom stereocenters. The number of amides is 1. The van der Waals surface area contributed by atoms with Crippen LogP contribution in [0.15, 0.2) is 60.7 Å². The number of hydrogen-bond donors (Lipinski definition) is 1. The van der Waals surface area contributed by atoms with E-state index in [4.69, 9.17) is 4.74 Å². The molecule has 5 nitrogen and oxygen atoms in total. The van der Waals surface area contributed by atoms with Crippen molar-refractivity contribution < 1.29 is 14.3 Å². The SMILES string of the molecule is COC(=O)C1CCN([C@@H](C)C(=O)NC(c2ccccc2)c2ccccc2)CC1. The normalized spacial score (nSPS) is 16.5. The predicted octanol–water partition coefficient (Wildman–Crippen LogP) is 3.17. The lowest BCUT2D eigenvalue weighted by Gasteiger charge is -2.35. The van der Waals surface area contributed by atoms with Crippen LogP contribution in [0.4, 0.5) is 0 Å². The third kappa shape index (κ3) is 4.78. The molecular formula is C23H28N2O3. The molecule has 3 rings (SSSR count). The van der Waals surface area contributed by atoms with Gasteiger partial charge in [0.05, 0.1) is 25.1 Å². The highest BCUT2D eigenvalue weighted by molar-refractivity contribution is 5.82. The maximum atomic E-state index is 13.0. The molecule has 1 N–H and O–H groups in total. The number of nitrogens with one attached hydrogen (secondary N) is 1. The number of rotatable bonds is 6. The van der Waals surface area contributed by atoms with Gasteiger partial charge in [0, 0.05) is 0 Å². The molecule has 0 saturated carbocycles. The van der Waals surface area contributed by atoms with Crippen molar-refractivity contribution in [1.29, 1.82) is 0 Å². The Morgan fingerprint density at radius 2 is 1.46 bits per heavy atom. The fourth-order valence-electron chi connectivity index (χ4n) is 3.77. The number of piperidine rings is 1. The number of hydrogen-bond acceptors (Lipinski definition) is 4. The molecule has 28 heavy (non-hydrogen) atoms. The van der Waals surface area contributed by atoms with Crippen molar-refractivity contribution in [3.8, 4) is 0 Å². The topological polar surface area (TPSA) is 58.6 Å². The highest BCUT2D eigenvalue weighted by Crippen LogP contribution is 2.24. The van der Waals surface area contributed by atoms with Gasteiger partial charge in [0.25, 0.3) is 0 Å². The molecule has 0 bridgehead atoms. The van der Waals surface area contributed by atoms with E-state index in [0.29, 0.717) is 0 Å². The highest BCUT2D eigenvalue weighted by Gasteiger charge is 2.31. The number of nitrogens with zero attached hydrogens (tertiary/aromatic N) is 1. The minimum Gasteiger partial charge on any atom is -0.469 e. The van der Waals surface area contributed by atoms with Crippen molar-refractivity contribution in [3.05, 3.63) is 71.8 Å². The van der Waals surface area contributed by atoms with Gasteiger partial charge in [0.1, 0.15) is 0 Å². The summed E-state index contributed by atoms with van der Waals surface area (Å²) >= 11 is 0. The molecule has 0 aliphatic carbocycles. The summed E-state index contributed by atoms with van der Waals surface area (Å²) in [6, 6.07) is 19.6. The zero-order valence-corrected chi connectivity index (χ0v) is 16.5. The molecule has 2 aromatic rings. The summed E-state index contributed by atoms with van der Waals surface area (Å²) in [7, 11) is 1.43. The van der Waals surface area contributed by atoms with Crippen molar-refractivity contribution in [3.63, 3.8) is 0 Å². The predicted molar refractivity (Wildman–Crippen MR) is 109 cm³/mol. The lowest BCUT2D eigenvalue weighted by Crippen LogP contribution is -2.49. The van der Waals surface area contributed by atoms with Crippen molar-refractivity contribution in [2.45, 2.75) is 31.8 Å². The van der Waals surface area contributed by atoms with Crippen LogP contribution < -0.4 is 5.32 Å². The maximum Gasteiger partial charge on any atom is 0.308 e. The van der Waals surface area contributed by atoms with Crippen molar-refractivity contribution in [1.82, 2.24) is 10.2 Å². The monoisotopic (exact) mass is 380 g/mol. The van der Waals surface area contributed by atoms with E-state index in [-0.39, 0.29) is 29.9 Å². The third-order valence-electron chi connectivity index (χ3n) is 5.54. The van der Waals surface area contributed by atoms with Crippen molar-refractivity contribution in [2.75, 3.05) is 20.2 Å². The van der Waals surface area contributed by atoms with E-state index in [1.54, 1.807) is 0 Å². The van der Waals surface area contributed by atoms with E-state index in [1.807, 2.05) is 67.6 Å². The van der Waals surface area contributed by atoms with Crippen LogP contribution in [0, 0.1) is 5.92 Å². The molecule has 148 valence electrons. The van der Waals surface area contributed by atoms with Gasteiger partial charge in [-0.2, -0.15) is 0 Å². The summed E-state index contributed by atoms with van der Waals surface area (Å²) < 4.78 is 4.85. The summed E-state index contributed by atoms with van der Waals surface area (Å²) in [4.78, 5) is 26.9. The quantitative estimate of drug-likeness (QED) is 0.782. The van der Waals surface area contributed by atoms with E-state index >= 15 is 0 Å². The zero-order chi connectivity index (χ0) is 19.9. The van der Waals surface area contributed by atoms with E-state index < -0.39 is 0 Å². The van der Waals surface area contributed by atoms with Crippen molar-refractivity contribution in [2.24, 2.45) is 5.92 Å². The van der Waals surface area contributed by atoms with Crippen LogP contribution in [0.5, 0.6) is 0 Å². The Morgan fingerprint density at radius 3 is 1.93 bits per heavy atom. The molecule has 1 fully saturated rings. The molecule has 0 unspecified atom stereocenters. The Kier molecular flexibility index (Phi) is 6.82. The minimum absolute atomic E-state index is 0.00535. The Labute approximate surface area is 166 Å². The average Bonchev–Trinajstić information content (AvgIpc) is 2.77. The van der Waals surface area contributed by atoms with Gasteiger partial charge in [0.2, 0.25) is 5.91 Å². The van der Waals surface area contributed by atoms with Gasteiger partial charge in [-0.15, -0.1) is 0 Å². The van der Waals surface area contributed by atoms with E-state index in [2.05, 4.69) is 10.2 Å². The Morgan fingerprint density at radius 1 is 0.964 bits per heavy atom. The molecule has 0 aromatic heterocycles. The first-order valence-corrected chi connectivity index (χ1v) is 9.82. The molecule has 1 amide bonds. The zero-order valence-electron chi connectivity index (χ0n) is 16.5. The number of benzene rings is 2. The van der Waals surface area contributed by atoms with Gasteiger partial charge in [-0.3, -0.25) is 14.5 Å². The van der Waals surface area contributed by atoms with Gasteiger partial charge >= 0.3 is 5.97 Å². The van der Waals surface area contributed by atoms with Crippen LogP contribution in [0.1, 0.15) is 36.9 Å². The second-order valence-electron chi connectivity index (χ2n) is 7.27. The first-order valence-electron chi connectivity index (χ1n) is 9.82. The molecule has 1 aliphatic heterocycles. The number of carbonyl (C=O) groups is 2. The summed E-state index contributed by atoms with van der Waals surface area (Å²) in [6.45, 7) is 3.37. The number of methoxy groups -OCH3 is 1. The molecule has 2 aromatic carbocycles. The van der Waals surface area contributed by atoms with Crippen LogP contribution in [0.25, 0.3) is 0 Å². The number of esters is 1. The highest BCUT2D eigenvalue weighted by atomic mass is 16.5. The molecule has 1 aliphatic rings. The molecular weight excluding hydrogens is 352 g/mol.